The number of nitro groups is 1. The number of nitrogens with zero attached hydrogens (tertiary/aromatic N) is 2. The van der Waals surface area contributed by atoms with Gasteiger partial charge in [0.25, 0.3) is 5.69 Å². The average Bonchev–Trinajstić information content (AvgIpc) is 2.19. The first-order chi connectivity index (χ1) is 6.91. The minimum atomic E-state index is -0.954. The van der Waals surface area contributed by atoms with Crippen LogP contribution in [0.15, 0.2) is 18.1 Å². The van der Waals surface area contributed by atoms with E-state index in [2.05, 4.69) is 0 Å². The van der Waals surface area contributed by atoms with Crippen LogP contribution < -0.4 is 0 Å². The van der Waals surface area contributed by atoms with E-state index in [-0.39, 0.29) is 0 Å². The van der Waals surface area contributed by atoms with Crippen molar-refractivity contribution in [1.82, 2.24) is 0 Å². The average molecular weight is 186 g/mol. The molecular formula is C7H3ClN2O2. The van der Waals surface area contributed by atoms with Gasteiger partial charge >= 0.3 is 0 Å². The maximum atomic E-state index is 10.5. The molecular weight excluding hydrogens is 180 g/mol. The first kappa shape index (κ1) is 5.12. The number of hydrogen-bond acceptors (Lipinski definition) is 3. The van der Waals surface area contributed by atoms with Crippen LogP contribution in [0, 0.1) is 21.4 Å². The van der Waals surface area contributed by atoms with E-state index in [0.717, 1.165) is 0 Å². The first-order valence-corrected chi connectivity index (χ1v) is 3.13. The van der Waals surface area contributed by atoms with E-state index >= 15 is 0 Å². The van der Waals surface area contributed by atoms with Crippen LogP contribution in [0.3, 0.4) is 0 Å². The summed E-state index contributed by atoms with van der Waals surface area (Å²) in [5.41, 5.74) is -1.44. The molecule has 0 spiro atoms. The fraction of sp³-hybridized carbons (Fsp3) is 0. The molecule has 0 aliphatic rings. The smallest absolute Gasteiger partial charge is 0.258 e. The monoisotopic (exact) mass is 185 g/mol. The van der Waals surface area contributed by atoms with Crippen molar-refractivity contribution in [2.75, 3.05) is 0 Å². The molecule has 12 heavy (non-hydrogen) atoms. The third-order valence-electron chi connectivity index (χ3n) is 1.06. The second-order valence-corrected chi connectivity index (χ2v) is 2.16. The zero-order valence-electron chi connectivity index (χ0n) is 8.59. The first-order valence-electron chi connectivity index (χ1n) is 4.25. The number of halogens is 1. The third kappa shape index (κ3) is 1.52. The van der Waals surface area contributed by atoms with E-state index in [1.165, 1.54) is 6.07 Å². The third-order valence-corrected chi connectivity index (χ3v) is 1.25. The van der Waals surface area contributed by atoms with Crippen molar-refractivity contribution in [3.05, 3.63) is 38.8 Å². The normalized spacial score (nSPS) is 12.5. The van der Waals surface area contributed by atoms with Gasteiger partial charge in [-0.25, -0.2) is 0 Å². The highest BCUT2D eigenvalue weighted by molar-refractivity contribution is 6.30. The Morgan fingerprint density at radius 3 is 2.92 bits per heavy atom. The van der Waals surface area contributed by atoms with E-state index < -0.39 is 39.3 Å². The van der Waals surface area contributed by atoms with Crippen LogP contribution in [-0.4, -0.2) is 4.92 Å². The fourth-order valence-electron chi connectivity index (χ4n) is 0.592. The Hall–Kier alpha value is -1.60. The van der Waals surface area contributed by atoms with Crippen LogP contribution in [0.4, 0.5) is 5.69 Å². The predicted molar refractivity (Wildman–Crippen MR) is 42.8 cm³/mol. The van der Waals surface area contributed by atoms with Gasteiger partial charge in [0.15, 0.2) is 0 Å². The Morgan fingerprint density at radius 1 is 1.75 bits per heavy atom. The van der Waals surface area contributed by atoms with Crippen molar-refractivity contribution in [2.45, 2.75) is 0 Å². The van der Waals surface area contributed by atoms with Gasteiger partial charge in [-0.15, -0.1) is 0 Å². The summed E-state index contributed by atoms with van der Waals surface area (Å²) >= 11 is 5.45. The van der Waals surface area contributed by atoms with Crippen molar-refractivity contribution in [3.63, 3.8) is 0 Å². The molecule has 0 amide bonds. The summed E-state index contributed by atoms with van der Waals surface area (Å²) in [6, 6.07) is -0.469. The molecule has 0 bridgehead atoms. The summed E-state index contributed by atoms with van der Waals surface area (Å²) in [6.45, 7) is 0. The van der Waals surface area contributed by atoms with E-state index in [0.29, 0.717) is 0 Å². The van der Waals surface area contributed by atoms with Gasteiger partial charge in [-0.05, 0) is 12.1 Å². The molecule has 1 rings (SSSR count). The Kier molecular flexibility index (Phi) is 1.36. The molecule has 0 N–H and O–H groups in total. The van der Waals surface area contributed by atoms with Gasteiger partial charge in [-0.2, -0.15) is 5.26 Å². The van der Waals surface area contributed by atoms with E-state index in [1.54, 1.807) is 0 Å². The van der Waals surface area contributed by atoms with Crippen molar-refractivity contribution < 1.29 is 9.04 Å². The molecule has 0 fully saturated rings. The molecule has 4 nitrogen and oxygen atoms in total. The van der Waals surface area contributed by atoms with Crippen LogP contribution >= 0.6 is 11.6 Å². The van der Waals surface area contributed by atoms with E-state index in [4.69, 9.17) is 21.0 Å². The summed E-state index contributed by atoms with van der Waals surface area (Å²) in [5, 5.41) is 18.7. The largest absolute Gasteiger partial charge is 0.288 e. The van der Waals surface area contributed by atoms with Gasteiger partial charge in [0.1, 0.15) is 11.6 Å². The minimum absolute atomic E-state index is 0.495. The zero-order valence-corrected chi connectivity index (χ0v) is 6.34. The lowest BCUT2D eigenvalue weighted by Crippen LogP contribution is -1.91. The Bertz CT molecular complexity index is 498. The highest BCUT2D eigenvalue weighted by Gasteiger charge is 2.12. The predicted octanol–water partition coefficient (Wildman–Crippen LogP) is 2.12. The van der Waals surface area contributed by atoms with Crippen LogP contribution in [0.1, 0.15) is 9.68 Å². The highest BCUT2D eigenvalue weighted by atomic mass is 35.5. The standard InChI is InChI=1S/C7H3ClN2O2/c8-6-2-1-5(4-9)7(3-6)10(11)12/h1-3H/i1D,2D,3D. The number of hydrogen-bond donors (Lipinski definition) is 0. The SMILES string of the molecule is [2H]c1c([2H])c(C#N)c([N+](=O)[O-])c([2H])c1Cl. The van der Waals surface area contributed by atoms with Gasteiger partial charge in [0.2, 0.25) is 0 Å². The second kappa shape index (κ2) is 3.20. The quantitative estimate of drug-likeness (QED) is 0.497. The van der Waals surface area contributed by atoms with Gasteiger partial charge in [-0.1, -0.05) is 11.6 Å². The Labute approximate surface area is 77.4 Å². The lowest BCUT2D eigenvalue weighted by molar-refractivity contribution is -0.385. The minimum Gasteiger partial charge on any atom is -0.258 e. The van der Waals surface area contributed by atoms with Crippen LogP contribution in [-0.2, 0) is 0 Å². The Morgan fingerprint density at radius 2 is 2.42 bits per heavy atom. The molecule has 0 saturated carbocycles. The molecule has 0 radical (unpaired) electrons. The summed E-state index contributed by atoms with van der Waals surface area (Å²) in [7, 11) is 0. The van der Waals surface area contributed by atoms with Gasteiger partial charge < -0.3 is 0 Å². The highest BCUT2D eigenvalue weighted by Crippen LogP contribution is 2.21. The molecule has 0 aliphatic carbocycles. The van der Waals surface area contributed by atoms with Crippen LogP contribution in [0.2, 0.25) is 5.02 Å². The lowest BCUT2D eigenvalue weighted by atomic mass is 10.2. The van der Waals surface area contributed by atoms with E-state index in [1.807, 2.05) is 0 Å². The van der Waals surface area contributed by atoms with Gasteiger partial charge in [-0.3, -0.25) is 10.1 Å². The maximum absolute atomic E-state index is 10.5. The second-order valence-electron chi connectivity index (χ2n) is 1.78. The fourth-order valence-corrected chi connectivity index (χ4v) is 0.729. The topological polar surface area (TPSA) is 66.9 Å². The summed E-state index contributed by atoms with van der Waals surface area (Å²) in [4.78, 5) is 9.59. The van der Waals surface area contributed by atoms with Gasteiger partial charge in [0.05, 0.1) is 9.04 Å². The molecule has 0 aromatic heterocycles. The van der Waals surface area contributed by atoms with Crippen molar-refractivity contribution in [2.24, 2.45) is 0 Å². The summed E-state index contributed by atoms with van der Waals surface area (Å²) in [5.74, 6) is 0. The summed E-state index contributed by atoms with van der Waals surface area (Å²) in [6.07, 6.45) is 0. The van der Waals surface area contributed by atoms with E-state index in [9.17, 15) is 10.1 Å². The molecule has 0 unspecified atom stereocenters. The number of nitro benzene ring substituents is 1. The molecule has 5 heteroatoms. The molecule has 60 valence electrons. The van der Waals surface area contributed by atoms with Gasteiger partial charge in [0, 0.05) is 11.1 Å². The van der Waals surface area contributed by atoms with Crippen molar-refractivity contribution in [3.8, 4) is 6.07 Å². The van der Waals surface area contributed by atoms with Crippen LogP contribution in [0.5, 0.6) is 0 Å². The zero-order chi connectivity index (χ0) is 11.7. The number of nitriles is 1. The lowest BCUT2D eigenvalue weighted by Gasteiger charge is -1.93. The maximum Gasteiger partial charge on any atom is 0.288 e. The Balaban J connectivity index is 3.80. The molecule has 0 saturated heterocycles. The summed E-state index contributed by atoms with van der Waals surface area (Å²) < 4.78 is 21.8. The van der Waals surface area contributed by atoms with Crippen molar-refractivity contribution >= 4 is 17.3 Å². The molecule has 1 aromatic rings. The molecule has 0 atom stereocenters. The number of benzene rings is 1. The van der Waals surface area contributed by atoms with Crippen LogP contribution in [0.25, 0.3) is 0 Å². The molecule has 1 aromatic carbocycles. The molecule has 0 aliphatic heterocycles. The molecule has 0 heterocycles. The van der Waals surface area contributed by atoms with Crippen molar-refractivity contribution in [1.29, 1.82) is 5.26 Å². The number of rotatable bonds is 1.